The van der Waals surface area contributed by atoms with Gasteiger partial charge >= 0.3 is 0 Å². The van der Waals surface area contributed by atoms with E-state index >= 15 is 0 Å². The average molecular weight is 276 g/mol. The smallest absolute Gasteiger partial charge is 0.251 e. The molecule has 1 aromatic carbocycles. The average Bonchev–Trinajstić information content (AvgIpc) is 2.37. The summed E-state index contributed by atoms with van der Waals surface area (Å²) in [5, 5.41) is 2.32. The quantitative estimate of drug-likeness (QED) is 0.806. The van der Waals surface area contributed by atoms with Gasteiger partial charge in [-0.2, -0.15) is 0 Å². The highest BCUT2D eigenvalue weighted by Crippen LogP contribution is 2.18. The molecule has 1 N–H and O–H groups in total. The number of rotatable bonds is 6. The van der Waals surface area contributed by atoms with Crippen LogP contribution < -0.4 is 10.1 Å². The van der Waals surface area contributed by atoms with Gasteiger partial charge in [-0.3, -0.25) is 4.79 Å². The van der Waals surface area contributed by atoms with Gasteiger partial charge in [0.05, 0.1) is 19.1 Å². The Morgan fingerprint density at radius 2 is 2.22 bits per heavy atom. The van der Waals surface area contributed by atoms with Crippen molar-refractivity contribution in [1.29, 1.82) is 0 Å². The molecule has 0 bridgehead atoms. The van der Waals surface area contributed by atoms with Crippen LogP contribution in [0.5, 0.6) is 5.75 Å². The third-order valence-electron chi connectivity index (χ3n) is 2.24. The van der Waals surface area contributed by atoms with Gasteiger partial charge in [-0.15, -0.1) is 11.6 Å². The van der Waals surface area contributed by atoms with Crippen LogP contribution in [0.2, 0.25) is 0 Å². The molecule has 6 heteroatoms. The van der Waals surface area contributed by atoms with E-state index in [1.54, 1.807) is 0 Å². The molecule has 0 aliphatic carbocycles. The predicted molar refractivity (Wildman–Crippen MR) is 66.8 cm³/mol. The zero-order valence-electron chi connectivity index (χ0n) is 10.2. The van der Waals surface area contributed by atoms with Crippen molar-refractivity contribution in [3.63, 3.8) is 0 Å². The molecule has 0 aromatic heterocycles. The lowest BCUT2D eigenvalue weighted by atomic mass is 10.2. The lowest BCUT2D eigenvalue weighted by Crippen LogP contribution is -2.31. The highest BCUT2D eigenvalue weighted by atomic mass is 35.5. The van der Waals surface area contributed by atoms with Crippen molar-refractivity contribution in [3.8, 4) is 5.75 Å². The molecule has 0 fully saturated rings. The molecule has 100 valence electrons. The van der Waals surface area contributed by atoms with E-state index in [-0.39, 0.29) is 23.6 Å². The molecule has 1 rings (SSSR count). The topological polar surface area (TPSA) is 47.6 Å². The van der Waals surface area contributed by atoms with Crippen LogP contribution in [0, 0.1) is 5.82 Å². The van der Waals surface area contributed by atoms with E-state index in [0.29, 0.717) is 12.2 Å². The van der Waals surface area contributed by atoms with Crippen molar-refractivity contribution in [3.05, 3.63) is 29.6 Å². The number of methoxy groups -OCH3 is 2. The predicted octanol–water partition coefficient (Wildman–Crippen LogP) is 1.82. The lowest BCUT2D eigenvalue weighted by molar-refractivity contribution is 0.0949. The molecule has 0 aliphatic rings. The van der Waals surface area contributed by atoms with Crippen LogP contribution in [0.15, 0.2) is 18.2 Å². The minimum Gasteiger partial charge on any atom is -0.494 e. The summed E-state index contributed by atoms with van der Waals surface area (Å²) in [5.41, 5.74) is 0.314. The number of carbonyl (C=O) groups is 1. The maximum Gasteiger partial charge on any atom is 0.251 e. The summed E-state index contributed by atoms with van der Waals surface area (Å²) in [6.07, 6.45) is 0. The number of hydrogen-bond acceptors (Lipinski definition) is 3. The van der Waals surface area contributed by atoms with Crippen LogP contribution in [0.4, 0.5) is 4.39 Å². The number of ether oxygens (including phenoxy) is 2. The first-order chi connectivity index (χ1) is 8.58. The highest BCUT2D eigenvalue weighted by molar-refractivity contribution is 6.21. The van der Waals surface area contributed by atoms with E-state index < -0.39 is 5.82 Å². The molecule has 0 saturated carbocycles. The zero-order chi connectivity index (χ0) is 13.5. The third kappa shape index (κ3) is 4.16. The Hall–Kier alpha value is -1.33. The molecular weight excluding hydrogens is 261 g/mol. The second kappa shape index (κ2) is 7.18. The maximum absolute atomic E-state index is 13.2. The van der Waals surface area contributed by atoms with Gasteiger partial charge in [0, 0.05) is 19.2 Å². The Labute approximate surface area is 110 Å². The van der Waals surface area contributed by atoms with Crippen molar-refractivity contribution < 1.29 is 18.7 Å². The third-order valence-corrected chi connectivity index (χ3v) is 2.53. The molecule has 1 amide bonds. The summed E-state index contributed by atoms with van der Waals surface area (Å²) in [4.78, 5) is 11.7. The number of nitrogens with one attached hydrogen (secondary N) is 1. The number of hydrogen-bond donors (Lipinski definition) is 1. The minimum absolute atomic E-state index is 0.0296. The van der Waals surface area contributed by atoms with Gasteiger partial charge in [0.2, 0.25) is 0 Å². The maximum atomic E-state index is 13.2. The van der Waals surface area contributed by atoms with E-state index in [0.717, 1.165) is 0 Å². The van der Waals surface area contributed by atoms with Crippen molar-refractivity contribution in [2.45, 2.75) is 5.38 Å². The molecule has 0 aliphatic heterocycles. The first kappa shape index (κ1) is 14.7. The molecule has 1 aromatic rings. The molecule has 1 atom stereocenters. The summed E-state index contributed by atoms with van der Waals surface area (Å²) >= 11 is 5.87. The Morgan fingerprint density at radius 3 is 2.83 bits per heavy atom. The van der Waals surface area contributed by atoms with Crippen LogP contribution in [0.1, 0.15) is 10.4 Å². The van der Waals surface area contributed by atoms with E-state index in [9.17, 15) is 9.18 Å². The van der Waals surface area contributed by atoms with Crippen LogP contribution >= 0.6 is 11.6 Å². The van der Waals surface area contributed by atoms with E-state index in [1.165, 1.54) is 32.4 Å². The van der Waals surface area contributed by atoms with Crippen molar-refractivity contribution in [2.24, 2.45) is 0 Å². The van der Waals surface area contributed by atoms with Gasteiger partial charge < -0.3 is 14.8 Å². The van der Waals surface area contributed by atoms with Crippen LogP contribution in [0.25, 0.3) is 0 Å². The molecule has 0 radical (unpaired) electrons. The molecule has 0 saturated heterocycles. The number of carbonyl (C=O) groups excluding carboxylic acids is 1. The number of alkyl halides is 1. The lowest BCUT2D eigenvalue weighted by Gasteiger charge is -2.10. The summed E-state index contributed by atoms with van der Waals surface area (Å²) in [6.45, 7) is 0.614. The van der Waals surface area contributed by atoms with E-state index in [2.05, 4.69) is 5.32 Å². The summed E-state index contributed by atoms with van der Waals surface area (Å²) < 4.78 is 22.8. The molecular formula is C12H15ClFNO3. The molecule has 0 heterocycles. The van der Waals surface area contributed by atoms with Gasteiger partial charge in [-0.05, 0) is 18.2 Å². The Balaban J connectivity index is 2.61. The summed E-state index contributed by atoms with van der Waals surface area (Å²) in [5.74, 6) is -0.819. The number of amides is 1. The number of benzene rings is 1. The minimum atomic E-state index is -0.511. The van der Waals surface area contributed by atoms with Crippen LogP contribution in [-0.2, 0) is 4.74 Å². The Kier molecular flexibility index (Phi) is 5.88. The van der Waals surface area contributed by atoms with Crippen molar-refractivity contribution >= 4 is 17.5 Å². The normalized spacial score (nSPS) is 12.0. The van der Waals surface area contributed by atoms with Gasteiger partial charge in [-0.1, -0.05) is 0 Å². The van der Waals surface area contributed by atoms with Gasteiger partial charge in [0.1, 0.15) is 0 Å². The van der Waals surface area contributed by atoms with Crippen molar-refractivity contribution in [2.75, 3.05) is 27.4 Å². The largest absolute Gasteiger partial charge is 0.494 e. The van der Waals surface area contributed by atoms with Crippen molar-refractivity contribution in [1.82, 2.24) is 5.32 Å². The Bertz CT molecular complexity index is 414. The number of halogens is 2. The fraction of sp³-hybridized carbons (Fsp3) is 0.417. The molecule has 1 unspecified atom stereocenters. The second-order valence-corrected chi connectivity index (χ2v) is 4.23. The van der Waals surface area contributed by atoms with E-state index in [1.807, 2.05) is 0 Å². The zero-order valence-corrected chi connectivity index (χ0v) is 11.0. The molecule has 18 heavy (non-hydrogen) atoms. The highest BCUT2D eigenvalue weighted by Gasteiger charge is 2.11. The first-order valence-corrected chi connectivity index (χ1v) is 5.77. The SMILES string of the molecule is COCC(Cl)CNC(=O)c1ccc(F)c(OC)c1. The molecule has 4 nitrogen and oxygen atoms in total. The standard InChI is InChI=1S/C12H15ClFNO3/c1-17-7-9(13)6-15-12(16)8-3-4-10(14)11(5-8)18-2/h3-5,9H,6-7H2,1-2H3,(H,15,16). The summed E-state index contributed by atoms with van der Waals surface area (Å²) in [7, 11) is 2.87. The van der Waals surface area contributed by atoms with Crippen LogP contribution in [-0.4, -0.2) is 38.7 Å². The van der Waals surface area contributed by atoms with Gasteiger partial charge in [0.25, 0.3) is 5.91 Å². The fourth-order valence-electron chi connectivity index (χ4n) is 1.35. The first-order valence-electron chi connectivity index (χ1n) is 5.33. The van der Waals surface area contributed by atoms with E-state index in [4.69, 9.17) is 21.1 Å². The fourth-order valence-corrected chi connectivity index (χ4v) is 1.55. The molecule has 0 spiro atoms. The Morgan fingerprint density at radius 1 is 1.50 bits per heavy atom. The monoisotopic (exact) mass is 275 g/mol. The van der Waals surface area contributed by atoms with Gasteiger partial charge in [-0.25, -0.2) is 4.39 Å². The summed E-state index contributed by atoms with van der Waals surface area (Å²) in [6, 6.07) is 3.90. The van der Waals surface area contributed by atoms with Crippen LogP contribution in [0.3, 0.4) is 0 Å². The second-order valence-electron chi connectivity index (χ2n) is 3.61. The van der Waals surface area contributed by atoms with Gasteiger partial charge in [0.15, 0.2) is 11.6 Å².